The monoisotopic (exact) mass is 340 g/mol. The summed E-state index contributed by atoms with van der Waals surface area (Å²) in [5.74, 6) is 0. The van der Waals surface area contributed by atoms with Crippen LogP contribution in [0.1, 0.15) is 28.6 Å². The molecule has 3 rings (SSSR count). The number of likely N-dealkylation sites (N-methyl/N-ethyl adjacent to an activating group) is 1. The molecule has 126 valence electrons. The van der Waals surface area contributed by atoms with Gasteiger partial charge in [0.05, 0.1) is 5.69 Å². The number of aromatic nitrogens is 1. The van der Waals surface area contributed by atoms with E-state index in [4.69, 9.17) is 0 Å². The highest BCUT2D eigenvalue weighted by Gasteiger charge is 2.33. The van der Waals surface area contributed by atoms with Crippen molar-refractivity contribution in [1.82, 2.24) is 9.88 Å². The van der Waals surface area contributed by atoms with E-state index in [1.807, 2.05) is 25.1 Å². The Hall–Kier alpha value is -1.75. The van der Waals surface area contributed by atoms with Gasteiger partial charge in [-0.3, -0.25) is 4.98 Å². The Bertz CT molecular complexity index is 837. The van der Waals surface area contributed by atoms with E-state index in [-0.39, 0.29) is 0 Å². The summed E-state index contributed by atoms with van der Waals surface area (Å²) in [5.41, 5.74) is 1.84. The fourth-order valence-corrected chi connectivity index (χ4v) is 4.46. The number of nitrogens with zero attached hydrogens (tertiary/aromatic N) is 2. The lowest BCUT2D eigenvalue weighted by Crippen LogP contribution is -2.26. The Kier molecular flexibility index (Phi) is 4.72. The molecule has 24 heavy (non-hydrogen) atoms. The summed E-state index contributed by atoms with van der Waals surface area (Å²) in [7, 11) is 4.15. The Morgan fingerprint density at radius 2 is 2.00 bits per heavy atom. The second kappa shape index (κ2) is 6.63. The maximum Gasteiger partial charge on any atom is 0.130 e. The predicted octanol–water partition coefficient (Wildman–Crippen LogP) is 3.96. The molecule has 1 unspecified atom stereocenters. The summed E-state index contributed by atoms with van der Waals surface area (Å²) in [4.78, 5) is 7.82. The SMILES string of the molecule is Cc1ccc2c(C(C)(O)c3ccccn3)c(CCN(C)C)sc2c1. The first kappa shape index (κ1) is 17.1. The Morgan fingerprint density at radius 1 is 1.21 bits per heavy atom. The van der Waals surface area contributed by atoms with E-state index in [1.54, 1.807) is 17.5 Å². The molecule has 4 heteroatoms. The van der Waals surface area contributed by atoms with Crippen molar-refractivity contribution in [3.05, 3.63) is 64.3 Å². The zero-order valence-corrected chi connectivity index (χ0v) is 15.5. The maximum atomic E-state index is 11.4. The summed E-state index contributed by atoms with van der Waals surface area (Å²) in [5, 5.41) is 12.5. The number of aliphatic hydroxyl groups is 1. The van der Waals surface area contributed by atoms with Crippen LogP contribution in [0.3, 0.4) is 0 Å². The van der Waals surface area contributed by atoms with Gasteiger partial charge in [0.15, 0.2) is 0 Å². The number of hydrogen-bond donors (Lipinski definition) is 1. The molecule has 2 aromatic heterocycles. The van der Waals surface area contributed by atoms with Gasteiger partial charge in [-0.15, -0.1) is 11.3 Å². The van der Waals surface area contributed by atoms with Gasteiger partial charge in [0.1, 0.15) is 5.60 Å². The standard InChI is InChI=1S/C20H24N2OS/c1-14-8-9-15-17(13-14)24-16(10-12-22(3)4)19(15)20(2,23)18-7-5-6-11-21-18/h5-9,11,13,23H,10,12H2,1-4H3. The molecular formula is C20H24N2OS. The molecule has 2 heterocycles. The second-order valence-electron chi connectivity index (χ2n) is 6.74. The molecule has 0 aliphatic rings. The Balaban J connectivity index is 2.18. The number of thiophene rings is 1. The fraction of sp³-hybridized carbons (Fsp3) is 0.350. The smallest absolute Gasteiger partial charge is 0.130 e. The lowest BCUT2D eigenvalue weighted by molar-refractivity contribution is 0.0984. The van der Waals surface area contributed by atoms with Crippen molar-refractivity contribution in [2.24, 2.45) is 0 Å². The highest BCUT2D eigenvalue weighted by atomic mass is 32.1. The van der Waals surface area contributed by atoms with E-state index in [0.717, 1.165) is 23.9 Å². The van der Waals surface area contributed by atoms with Gasteiger partial charge in [0.25, 0.3) is 0 Å². The number of benzene rings is 1. The lowest BCUT2D eigenvalue weighted by atomic mass is 9.88. The molecule has 0 saturated heterocycles. The highest BCUT2D eigenvalue weighted by Crippen LogP contribution is 2.41. The van der Waals surface area contributed by atoms with Crippen molar-refractivity contribution in [2.45, 2.75) is 25.9 Å². The molecule has 0 fully saturated rings. The third kappa shape index (κ3) is 3.22. The fourth-order valence-electron chi connectivity index (χ4n) is 3.07. The summed E-state index contributed by atoms with van der Waals surface area (Å²) in [6, 6.07) is 12.1. The van der Waals surface area contributed by atoms with Crippen LogP contribution in [0.25, 0.3) is 10.1 Å². The Morgan fingerprint density at radius 3 is 2.67 bits per heavy atom. The molecule has 0 aliphatic heterocycles. The normalized spacial score (nSPS) is 14.2. The van der Waals surface area contributed by atoms with Crippen molar-refractivity contribution in [2.75, 3.05) is 20.6 Å². The van der Waals surface area contributed by atoms with E-state index in [0.29, 0.717) is 5.69 Å². The van der Waals surface area contributed by atoms with Crippen LogP contribution >= 0.6 is 11.3 Å². The number of pyridine rings is 1. The van der Waals surface area contributed by atoms with Gasteiger partial charge in [-0.1, -0.05) is 18.2 Å². The molecule has 1 aromatic carbocycles. The summed E-state index contributed by atoms with van der Waals surface area (Å²) >= 11 is 1.79. The molecule has 3 nitrogen and oxygen atoms in total. The largest absolute Gasteiger partial charge is 0.379 e. The maximum absolute atomic E-state index is 11.4. The van der Waals surface area contributed by atoms with Crippen LogP contribution in [-0.4, -0.2) is 35.6 Å². The van der Waals surface area contributed by atoms with Crippen LogP contribution in [-0.2, 0) is 12.0 Å². The first-order chi connectivity index (χ1) is 11.4. The van der Waals surface area contributed by atoms with E-state index < -0.39 is 5.60 Å². The van der Waals surface area contributed by atoms with Gasteiger partial charge in [-0.2, -0.15) is 0 Å². The van der Waals surface area contributed by atoms with Gasteiger partial charge in [0.2, 0.25) is 0 Å². The van der Waals surface area contributed by atoms with Crippen molar-refractivity contribution in [3.63, 3.8) is 0 Å². The third-order valence-corrected chi connectivity index (χ3v) is 5.57. The van der Waals surface area contributed by atoms with Gasteiger partial charge in [0, 0.05) is 27.9 Å². The number of rotatable bonds is 5. The number of fused-ring (bicyclic) bond motifs is 1. The number of aryl methyl sites for hydroxylation is 1. The van der Waals surface area contributed by atoms with Crippen LogP contribution in [0.4, 0.5) is 0 Å². The van der Waals surface area contributed by atoms with Crippen molar-refractivity contribution < 1.29 is 5.11 Å². The molecule has 3 aromatic rings. The first-order valence-electron chi connectivity index (χ1n) is 8.20. The minimum atomic E-state index is -1.10. The number of hydrogen-bond acceptors (Lipinski definition) is 4. The van der Waals surface area contributed by atoms with E-state index in [2.05, 4.69) is 49.1 Å². The summed E-state index contributed by atoms with van der Waals surface area (Å²) in [6.07, 6.45) is 2.66. The first-order valence-corrected chi connectivity index (χ1v) is 9.02. The predicted molar refractivity (Wildman–Crippen MR) is 102 cm³/mol. The third-order valence-electron chi connectivity index (χ3n) is 4.35. The Labute approximate surface area is 147 Å². The zero-order chi connectivity index (χ0) is 17.3. The topological polar surface area (TPSA) is 36.4 Å². The van der Waals surface area contributed by atoms with E-state index in [1.165, 1.54) is 15.1 Å². The average molecular weight is 340 g/mol. The highest BCUT2D eigenvalue weighted by molar-refractivity contribution is 7.19. The molecule has 0 amide bonds. The molecule has 1 N–H and O–H groups in total. The summed E-state index contributed by atoms with van der Waals surface area (Å²) in [6.45, 7) is 4.92. The molecule has 0 spiro atoms. The van der Waals surface area contributed by atoms with Crippen molar-refractivity contribution in [3.8, 4) is 0 Å². The quantitative estimate of drug-likeness (QED) is 0.763. The van der Waals surface area contributed by atoms with Crippen molar-refractivity contribution >= 4 is 21.4 Å². The zero-order valence-electron chi connectivity index (χ0n) is 14.7. The van der Waals surface area contributed by atoms with E-state index in [9.17, 15) is 5.11 Å². The summed E-state index contributed by atoms with van der Waals surface area (Å²) < 4.78 is 1.23. The average Bonchev–Trinajstić information content (AvgIpc) is 2.91. The van der Waals surface area contributed by atoms with Crippen LogP contribution in [0.5, 0.6) is 0 Å². The molecule has 0 radical (unpaired) electrons. The molecular weight excluding hydrogens is 316 g/mol. The molecule has 0 saturated carbocycles. The lowest BCUT2D eigenvalue weighted by Gasteiger charge is -2.25. The van der Waals surface area contributed by atoms with Crippen molar-refractivity contribution in [1.29, 1.82) is 0 Å². The van der Waals surface area contributed by atoms with Crippen LogP contribution in [0.15, 0.2) is 42.6 Å². The minimum Gasteiger partial charge on any atom is -0.379 e. The molecule has 1 atom stereocenters. The van der Waals surface area contributed by atoms with Gasteiger partial charge in [-0.25, -0.2) is 0 Å². The molecule has 0 aliphatic carbocycles. The molecule has 0 bridgehead atoms. The van der Waals surface area contributed by atoms with Gasteiger partial charge >= 0.3 is 0 Å². The van der Waals surface area contributed by atoms with Crippen LogP contribution < -0.4 is 0 Å². The van der Waals surface area contributed by atoms with E-state index >= 15 is 0 Å². The van der Waals surface area contributed by atoms with Crippen LogP contribution in [0.2, 0.25) is 0 Å². The minimum absolute atomic E-state index is 0.691. The van der Waals surface area contributed by atoms with Crippen LogP contribution in [0, 0.1) is 6.92 Å². The van der Waals surface area contributed by atoms with Gasteiger partial charge in [-0.05, 0) is 63.5 Å². The van der Waals surface area contributed by atoms with Gasteiger partial charge < -0.3 is 10.0 Å². The second-order valence-corrected chi connectivity index (χ2v) is 7.88.